The second-order valence-electron chi connectivity index (χ2n) is 3.40. The largest absolute Gasteiger partial charge is 0.360 e. The summed E-state index contributed by atoms with van der Waals surface area (Å²) in [5.74, 6) is -0.297. The van der Waals surface area contributed by atoms with E-state index in [2.05, 4.69) is 4.98 Å². The number of benzene rings is 1. The fourth-order valence-electron chi connectivity index (χ4n) is 1.53. The molecule has 1 aromatic carbocycles. The van der Waals surface area contributed by atoms with Gasteiger partial charge in [0.2, 0.25) is 5.43 Å². The molecular weight excluding hydrogens is 249 g/mol. The molecule has 0 bridgehead atoms. The number of aromatic amines is 1. The number of halogens is 2. The van der Waals surface area contributed by atoms with E-state index in [9.17, 15) is 9.59 Å². The molecule has 2 rings (SSSR count). The van der Waals surface area contributed by atoms with Crippen molar-refractivity contribution in [2.45, 2.75) is 6.92 Å². The highest BCUT2D eigenvalue weighted by Crippen LogP contribution is 2.24. The SMILES string of the molecule is CC(=O)c1c[nH]c2cc(Cl)cc(Cl)c2c1=O. The van der Waals surface area contributed by atoms with Crippen molar-refractivity contribution in [3.05, 3.63) is 44.2 Å². The van der Waals surface area contributed by atoms with E-state index in [-0.39, 0.29) is 21.8 Å². The topological polar surface area (TPSA) is 49.9 Å². The predicted molar refractivity (Wildman–Crippen MR) is 64.6 cm³/mol. The molecule has 0 atom stereocenters. The van der Waals surface area contributed by atoms with Gasteiger partial charge in [0.05, 0.1) is 21.5 Å². The first-order chi connectivity index (χ1) is 7.50. The Morgan fingerprint density at radius 3 is 2.62 bits per heavy atom. The number of fused-ring (bicyclic) bond motifs is 1. The molecule has 3 nitrogen and oxygen atoms in total. The van der Waals surface area contributed by atoms with Crippen molar-refractivity contribution in [1.82, 2.24) is 4.98 Å². The molecule has 1 N–H and O–H groups in total. The van der Waals surface area contributed by atoms with Crippen LogP contribution in [0.2, 0.25) is 10.0 Å². The number of rotatable bonds is 1. The second kappa shape index (κ2) is 3.92. The van der Waals surface area contributed by atoms with E-state index in [4.69, 9.17) is 23.2 Å². The monoisotopic (exact) mass is 255 g/mol. The molecule has 0 saturated carbocycles. The smallest absolute Gasteiger partial charge is 0.201 e. The van der Waals surface area contributed by atoms with Crippen LogP contribution in [0, 0.1) is 0 Å². The summed E-state index contributed by atoms with van der Waals surface area (Å²) in [5.41, 5.74) is 0.243. The predicted octanol–water partition coefficient (Wildman–Crippen LogP) is 3.04. The van der Waals surface area contributed by atoms with Crippen LogP contribution in [0.5, 0.6) is 0 Å². The molecule has 0 fully saturated rings. The summed E-state index contributed by atoms with van der Waals surface area (Å²) in [5, 5.41) is 0.967. The minimum absolute atomic E-state index is 0.0942. The lowest BCUT2D eigenvalue weighted by Crippen LogP contribution is -2.14. The average Bonchev–Trinajstić information content (AvgIpc) is 2.15. The number of pyridine rings is 1. The zero-order chi connectivity index (χ0) is 11.9. The van der Waals surface area contributed by atoms with Crippen LogP contribution in [0.1, 0.15) is 17.3 Å². The molecule has 0 unspecified atom stereocenters. The van der Waals surface area contributed by atoms with Crippen LogP contribution in [-0.2, 0) is 0 Å². The molecule has 0 aliphatic carbocycles. The maximum atomic E-state index is 11.9. The molecule has 0 radical (unpaired) electrons. The highest BCUT2D eigenvalue weighted by atomic mass is 35.5. The first kappa shape index (κ1) is 11.2. The van der Waals surface area contributed by atoms with Crippen molar-refractivity contribution in [1.29, 1.82) is 0 Å². The lowest BCUT2D eigenvalue weighted by molar-refractivity contribution is 0.101. The van der Waals surface area contributed by atoms with Crippen LogP contribution in [0.15, 0.2) is 23.1 Å². The highest BCUT2D eigenvalue weighted by molar-refractivity contribution is 6.38. The quantitative estimate of drug-likeness (QED) is 0.797. The van der Waals surface area contributed by atoms with Crippen LogP contribution < -0.4 is 5.43 Å². The Morgan fingerprint density at radius 2 is 2.00 bits per heavy atom. The fraction of sp³-hybridized carbons (Fsp3) is 0.0909. The van der Waals surface area contributed by atoms with Gasteiger partial charge in [-0.25, -0.2) is 0 Å². The molecule has 1 aromatic heterocycles. The first-order valence-electron chi connectivity index (χ1n) is 4.52. The Hall–Kier alpha value is -1.32. The molecule has 2 aromatic rings. The van der Waals surface area contributed by atoms with Crippen LogP contribution >= 0.6 is 23.2 Å². The van der Waals surface area contributed by atoms with E-state index in [0.29, 0.717) is 15.9 Å². The van der Waals surface area contributed by atoms with Crippen LogP contribution in [0.4, 0.5) is 0 Å². The van der Waals surface area contributed by atoms with E-state index >= 15 is 0 Å². The van der Waals surface area contributed by atoms with Gasteiger partial charge in [-0.3, -0.25) is 9.59 Å². The second-order valence-corrected chi connectivity index (χ2v) is 4.24. The van der Waals surface area contributed by atoms with E-state index < -0.39 is 0 Å². The number of aromatic nitrogens is 1. The van der Waals surface area contributed by atoms with Gasteiger partial charge in [-0.1, -0.05) is 23.2 Å². The molecule has 82 valence electrons. The van der Waals surface area contributed by atoms with Crippen molar-refractivity contribution in [3.8, 4) is 0 Å². The van der Waals surface area contributed by atoms with Gasteiger partial charge in [-0.2, -0.15) is 0 Å². The van der Waals surface area contributed by atoms with Gasteiger partial charge in [0.25, 0.3) is 0 Å². The van der Waals surface area contributed by atoms with Gasteiger partial charge in [0, 0.05) is 11.2 Å². The molecule has 1 heterocycles. The molecule has 0 spiro atoms. The summed E-state index contributed by atoms with van der Waals surface area (Å²) < 4.78 is 0. The summed E-state index contributed by atoms with van der Waals surface area (Å²) in [6.07, 6.45) is 1.37. The zero-order valence-electron chi connectivity index (χ0n) is 8.30. The molecular formula is C11H7Cl2NO2. The molecule has 5 heteroatoms. The number of carbonyl (C=O) groups excluding carboxylic acids is 1. The highest BCUT2D eigenvalue weighted by Gasteiger charge is 2.12. The summed E-state index contributed by atoms with van der Waals surface area (Å²) in [6.45, 7) is 1.33. The minimum atomic E-state index is -0.372. The minimum Gasteiger partial charge on any atom is -0.360 e. The Balaban J connectivity index is 2.95. The molecule has 0 saturated heterocycles. The van der Waals surface area contributed by atoms with Gasteiger partial charge in [0.1, 0.15) is 0 Å². The lowest BCUT2D eigenvalue weighted by Gasteiger charge is -2.03. The average molecular weight is 256 g/mol. The van der Waals surface area contributed by atoms with Crippen molar-refractivity contribution in [2.24, 2.45) is 0 Å². The number of carbonyl (C=O) groups is 1. The Labute approximate surface area is 101 Å². The third-order valence-electron chi connectivity index (χ3n) is 2.28. The summed E-state index contributed by atoms with van der Waals surface area (Å²) in [6, 6.07) is 3.07. The van der Waals surface area contributed by atoms with E-state index in [0.717, 1.165) is 0 Å². The number of Topliss-reactive ketones (excluding diaryl/α,β-unsaturated/α-hetero) is 1. The number of H-pyrrole nitrogens is 1. The third kappa shape index (κ3) is 1.72. The third-order valence-corrected chi connectivity index (χ3v) is 2.79. The lowest BCUT2D eigenvalue weighted by atomic mass is 10.1. The van der Waals surface area contributed by atoms with Crippen LogP contribution in [0.3, 0.4) is 0 Å². The first-order valence-corrected chi connectivity index (χ1v) is 5.27. The van der Waals surface area contributed by atoms with Crippen molar-refractivity contribution >= 4 is 39.9 Å². The van der Waals surface area contributed by atoms with Crippen LogP contribution in [-0.4, -0.2) is 10.8 Å². The molecule has 0 aliphatic heterocycles. The summed E-state index contributed by atoms with van der Waals surface area (Å²) in [7, 11) is 0. The van der Waals surface area contributed by atoms with Gasteiger partial charge >= 0.3 is 0 Å². The van der Waals surface area contributed by atoms with Gasteiger partial charge in [0.15, 0.2) is 5.78 Å². The normalized spacial score (nSPS) is 10.7. The molecule has 16 heavy (non-hydrogen) atoms. The summed E-state index contributed by atoms with van der Waals surface area (Å²) >= 11 is 11.7. The van der Waals surface area contributed by atoms with E-state index in [1.807, 2.05) is 0 Å². The van der Waals surface area contributed by atoms with Gasteiger partial charge in [-0.15, -0.1) is 0 Å². The van der Waals surface area contributed by atoms with E-state index in [1.54, 1.807) is 6.07 Å². The van der Waals surface area contributed by atoms with Crippen molar-refractivity contribution in [3.63, 3.8) is 0 Å². The number of ketones is 1. The molecule has 0 aliphatic rings. The zero-order valence-corrected chi connectivity index (χ0v) is 9.82. The van der Waals surface area contributed by atoms with Gasteiger partial charge in [-0.05, 0) is 19.1 Å². The summed E-state index contributed by atoms with van der Waals surface area (Å²) in [4.78, 5) is 26.0. The van der Waals surface area contributed by atoms with Gasteiger partial charge < -0.3 is 4.98 Å². The number of hydrogen-bond acceptors (Lipinski definition) is 2. The fourth-order valence-corrected chi connectivity index (χ4v) is 2.11. The number of hydrogen-bond donors (Lipinski definition) is 1. The van der Waals surface area contributed by atoms with Crippen molar-refractivity contribution in [2.75, 3.05) is 0 Å². The number of nitrogens with one attached hydrogen (secondary N) is 1. The molecule has 0 amide bonds. The Bertz CT molecular complexity index is 646. The maximum Gasteiger partial charge on any atom is 0.201 e. The standard InChI is InChI=1S/C11H7Cl2NO2/c1-5(15)7-4-14-9-3-6(12)2-8(13)10(9)11(7)16/h2-4H,1H3,(H,14,16). The van der Waals surface area contributed by atoms with Crippen LogP contribution in [0.25, 0.3) is 10.9 Å². The Kier molecular flexibility index (Phi) is 2.74. The van der Waals surface area contributed by atoms with E-state index in [1.165, 1.54) is 19.2 Å². The Morgan fingerprint density at radius 1 is 1.31 bits per heavy atom. The maximum absolute atomic E-state index is 11.9. The van der Waals surface area contributed by atoms with Crippen molar-refractivity contribution < 1.29 is 4.79 Å².